The summed E-state index contributed by atoms with van der Waals surface area (Å²) in [5.74, 6) is 6.09. The van der Waals surface area contributed by atoms with Gasteiger partial charge < -0.3 is 0 Å². The normalized spacial score (nSPS) is 25.9. The van der Waals surface area contributed by atoms with Crippen LogP contribution in [0.15, 0.2) is 158 Å². The SMILES string of the molecule is CCCCc1ccc(P)c(CCCC)c1CCCC.c1ccc(CP(Cc2ccccc2)C23CC4CC(CC(C4)C2)C3)cc1.c1ccc2c(P(c3cccc4ccccc34)C34CC5CC(CC(C5)C3)C4)cccc2c1. The Morgan fingerprint density at radius 1 is 0.400 bits per heavy atom. The van der Waals surface area contributed by atoms with Crippen LogP contribution in [0.3, 0.4) is 0 Å². The number of unbranched alkanes of at least 4 members (excludes halogenated alkanes) is 3. The van der Waals surface area contributed by atoms with E-state index in [0.29, 0.717) is 10.3 Å². The van der Waals surface area contributed by atoms with Crippen molar-refractivity contribution in [1.82, 2.24) is 0 Å². The highest BCUT2D eigenvalue weighted by molar-refractivity contribution is 7.75. The average molecular weight is 1050 g/mol. The maximum Gasteiger partial charge on any atom is -0.000599 e. The fourth-order valence-corrected chi connectivity index (χ4v) is 24.9. The zero-order valence-corrected chi connectivity index (χ0v) is 49.2. The van der Waals surface area contributed by atoms with E-state index >= 15 is 0 Å². The van der Waals surface area contributed by atoms with Crippen LogP contribution in [0, 0.1) is 35.5 Å². The molecule has 1 atom stereocenters. The molecule has 0 amide bonds. The van der Waals surface area contributed by atoms with E-state index in [9.17, 15) is 0 Å². The lowest BCUT2D eigenvalue weighted by Gasteiger charge is -2.60. The first-order valence-electron chi connectivity index (χ1n) is 30.3. The van der Waals surface area contributed by atoms with E-state index in [-0.39, 0.29) is 7.92 Å². The summed E-state index contributed by atoms with van der Waals surface area (Å²) in [5, 5.41) is 11.6. The molecular formula is C72H89P3. The van der Waals surface area contributed by atoms with Crippen molar-refractivity contribution in [1.29, 1.82) is 0 Å². The number of fused-ring (bicyclic) bond motifs is 2. The molecule has 8 aliphatic carbocycles. The Kier molecular flexibility index (Phi) is 17.5. The Morgan fingerprint density at radius 2 is 0.787 bits per heavy atom. The van der Waals surface area contributed by atoms with Gasteiger partial charge in [0.2, 0.25) is 0 Å². The second kappa shape index (κ2) is 24.6. The Bertz CT molecular complexity index is 2750. The van der Waals surface area contributed by atoms with Gasteiger partial charge in [0, 0.05) is 0 Å². The molecular weight excluding hydrogens is 958 g/mol. The Hall–Kier alpha value is -3.65. The van der Waals surface area contributed by atoms with Gasteiger partial charge in [-0.25, -0.2) is 0 Å². The third-order valence-electron chi connectivity index (χ3n) is 19.5. The smallest absolute Gasteiger partial charge is 0.000599 e. The zero-order chi connectivity index (χ0) is 51.2. The second-order valence-electron chi connectivity index (χ2n) is 25.0. The molecule has 15 rings (SSSR count). The lowest BCUT2D eigenvalue weighted by Crippen LogP contribution is -2.51. The molecule has 8 fully saturated rings. The Morgan fingerprint density at radius 3 is 1.24 bits per heavy atom. The molecule has 3 heteroatoms. The number of hydrogen-bond donors (Lipinski definition) is 0. The van der Waals surface area contributed by atoms with Gasteiger partial charge >= 0.3 is 0 Å². The standard InChI is InChI=1S/C30H29P.C24H29P.C18H31P/c1-3-11-26-24(7-1)9-5-13-28(26)31(29-14-6-10-25-8-2-4-12-27(25)29)30-18-21-15-22(19-30)17-23(16-21)20-30;1-3-7-19(8-4-1)17-25(18-20-9-5-2-6-10-20)24-14-21-11-22(15-24)13-23(12-21)16-24;1-4-7-10-15-13-14-18(19)17(12-9-6-3)16(15)11-8-5-2/h1-14,21-23H,15-20H2;1-10,21-23H,11-18H2;13-14H,4-12,19H2,1-3H3. The number of aryl methyl sites for hydroxylation is 1. The molecule has 8 aliphatic rings. The van der Waals surface area contributed by atoms with Gasteiger partial charge in [-0.15, -0.1) is 9.24 Å². The summed E-state index contributed by atoms with van der Waals surface area (Å²) in [5.41, 5.74) is 8.07. The van der Waals surface area contributed by atoms with Crippen LogP contribution in [0.2, 0.25) is 0 Å². The van der Waals surface area contributed by atoms with Crippen molar-refractivity contribution in [2.45, 2.75) is 178 Å². The minimum Gasteiger partial charge on any atom is -0.105 e. The lowest BCUT2D eigenvalue weighted by molar-refractivity contribution is 0.0353. The van der Waals surface area contributed by atoms with E-state index in [4.69, 9.17) is 0 Å². The van der Waals surface area contributed by atoms with Crippen LogP contribution in [0.1, 0.15) is 164 Å². The van der Waals surface area contributed by atoms with Gasteiger partial charge in [0.1, 0.15) is 0 Å². The first-order valence-corrected chi connectivity index (χ1v) is 33.9. The molecule has 75 heavy (non-hydrogen) atoms. The van der Waals surface area contributed by atoms with Crippen molar-refractivity contribution in [3.63, 3.8) is 0 Å². The molecule has 1 unspecified atom stereocenters. The zero-order valence-electron chi connectivity index (χ0n) is 46.2. The summed E-state index contributed by atoms with van der Waals surface area (Å²) in [6.45, 7) is 6.87. The predicted molar refractivity (Wildman–Crippen MR) is 335 cm³/mol. The lowest BCUT2D eigenvalue weighted by atomic mass is 9.56. The van der Waals surface area contributed by atoms with Crippen molar-refractivity contribution in [3.05, 3.63) is 186 Å². The van der Waals surface area contributed by atoms with Crippen LogP contribution in [0.5, 0.6) is 0 Å². The molecule has 0 N–H and O–H groups in total. The molecule has 7 aromatic rings. The molecule has 0 spiro atoms. The van der Waals surface area contributed by atoms with Gasteiger partial charge in [-0.1, -0.05) is 206 Å². The molecule has 0 aliphatic heterocycles. The minimum absolute atomic E-state index is 0.0127. The first-order chi connectivity index (χ1) is 36.8. The van der Waals surface area contributed by atoms with E-state index in [1.54, 1.807) is 77.0 Å². The first kappa shape index (κ1) is 53.4. The van der Waals surface area contributed by atoms with Crippen molar-refractivity contribution in [3.8, 4) is 0 Å². The molecule has 0 heterocycles. The van der Waals surface area contributed by atoms with E-state index in [0.717, 1.165) is 35.5 Å². The van der Waals surface area contributed by atoms with Gasteiger partial charge in [0.15, 0.2) is 0 Å². The highest BCUT2D eigenvalue weighted by atomic mass is 31.1. The van der Waals surface area contributed by atoms with Gasteiger partial charge in [0.05, 0.1) is 0 Å². The van der Waals surface area contributed by atoms with E-state index in [1.807, 2.05) is 0 Å². The van der Waals surface area contributed by atoms with Crippen molar-refractivity contribution < 1.29 is 0 Å². The molecule has 0 radical (unpaired) electrons. The van der Waals surface area contributed by atoms with Gasteiger partial charge in [-0.05, 0) is 247 Å². The van der Waals surface area contributed by atoms with Crippen LogP contribution in [0.25, 0.3) is 21.5 Å². The van der Waals surface area contributed by atoms with Gasteiger partial charge in [-0.3, -0.25) is 0 Å². The highest BCUT2D eigenvalue weighted by Crippen LogP contribution is 2.71. The van der Waals surface area contributed by atoms with Crippen LogP contribution < -0.4 is 15.9 Å². The molecule has 8 bridgehead atoms. The van der Waals surface area contributed by atoms with Gasteiger partial charge in [-0.2, -0.15) is 0 Å². The van der Waals surface area contributed by atoms with E-state index < -0.39 is 7.92 Å². The maximum atomic E-state index is 2.95. The Balaban J connectivity index is 0.000000125. The second-order valence-corrected chi connectivity index (χ2v) is 30.9. The van der Waals surface area contributed by atoms with Crippen molar-refractivity contribution in [2.75, 3.05) is 0 Å². The number of benzene rings is 7. The quantitative estimate of drug-likeness (QED) is 0.0798. The fraction of sp³-hybridized carbons (Fsp3) is 0.472. The molecule has 392 valence electrons. The summed E-state index contributed by atoms with van der Waals surface area (Å²) >= 11 is 0. The summed E-state index contributed by atoms with van der Waals surface area (Å²) in [7, 11) is 2.54. The monoisotopic (exact) mass is 1050 g/mol. The molecule has 7 aromatic carbocycles. The average Bonchev–Trinajstić information content (AvgIpc) is 3.45. The highest BCUT2D eigenvalue weighted by Gasteiger charge is 2.56. The molecule has 0 nitrogen and oxygen atoms in total. The third kappa shape index (κ3) is 12.0. The molecule has 0 aromatic heterocycles. The number of hydrogen-bond acceptors (Lipinski definition) is 0. The topological polar surface area (TPSA) is 0 Å². The largest absolute Gasteiger partial charge is 0.105 e. The molecule has 0 saturated heterocycles. The van der Waals surface area contributed by atoms with E-state index in [1.165, 1.54) is 135 Å². The van der Waals surface area contributed by atoms with Crippen LogP contribution in [-0.2, 0) is 31.6 Å². The summed E-state index contributed by atoms with van der Waals surface area (Å²) < 4.78 is 0. The third-order valence-corrected chi connectivity index (χ3v) is 26.7. The minimum atomic E-state index is -0.425. The fourth-order valence-electron chi connectivity index (χ4n) is 16.9. The van der Waals surface area contributed by atoms with Crippen molar-refractivity contribution >= 4 is 62.5 Å². The summed E-state index contributed by atoms with van der Waals surface area (Å²) in [4.78, 5) is 0. The summed E-state index contributed by atoms with van der Waals surface area (Å²) in [6.07, 6.45) is 32.5. The van der Waals surface area contributed by atoms with Crippen LogP contribution in [0.4, 0.5) is 0 Å². The van der Waals surface area contributed by atoms with E-state index in [2.05, 4.69) is 188 Å². The maximum absolute atomic E-state index is 2.95. The number of rotatable bonds is 17. The summed E-state index contributed by atoms with van der Waals surface area (Å²) in [6, 6.07) is 59.8. The van der Waals surface area contributed by atoms with Crippen LogP contribution >= 0.6 is 25.1 Å². The molecule has 8 saturated carbocycles. The van der Waals surface area contributed by atoms with Crippen LogP contribution in [-0.4, -0.2) is 10.3 Å². The predicted octanol–water partition coefficient (Wildman–Crippen LogP) is 19.4. The van der Waals surface area contributed by atoms with Gasteiger partial charge in [0.25, 0.3) is 0 Å². The van der Waals surface area contributed by atoms with Crippen molar-refractivity contribution in [2.24, 2.45) is 35.5 Å². The Labute approximate surface area is 459 Å².